The molecule has 1 rings (SSSR count). The maximum Gasteiger partial charge on any atom is 0.303 e. The van der Waals surface area contributed by atoms with E-state index in [9.17, 15) is 9.59 Å². The lowest BCUT2D eigenvalue weighted by molar-refractivity contribution is -0.137. The summed E-state index contributed by atoms with van der Waals surface area (Å²) in [5.74, 6) is -0.832. The van der Waals surface area contributed by atoms with Crippen LogP contribution in [0.25, 0.3) is 0 Å². The summed E-state index contributed by atoms with van der Waals surface area (Å²) in [4.78, 5) is 21.9. The van der Waals surface area contributed by atoms with E-state index in [2.05, 4.69) is 0 Å². The molecule has 15 heavy (non-hydrogen) atoms. The van der Waals surface area contributed by atoms with Crippen LogP contribution in [0.5, 0.6) is 0 Å². The molecule has 0 aliphatic rings. The number of carbonyl (C=O) groups excluding carboxylic acids is 1. The van der Waals surface area contributed by atoms with E-state index in [1.807, 2.05) is 25.1 Å². The van der Waals surface area contributed by atoms with Crippen molar-refractivity contribution in [2.45, 2.75) is 26.2 Å². The summed E-state index contributed by atoms with van der Waals surface area (Å²) in [6.07, 6.45) is 0.761. The molecule has 0 bridgehead atoms. The lowest BCUT2D eigenvalue weighted by Crippen LogP contribution is -2.03. The van der Waals surface area contributed by atoms with Gasteiger partial charge in [0.05, 0.1) is 0 Å². The fourth-order valence-corrected chi connectivity index (χ4v) is 1.42. The van der Waals surface area contributed by atoms with Crippen molar-refractivity contribution >= 4 is 11.8 Å². The maximum atomic E-state index is 11.7. The van der Waals surface area contributed by atoms with Crippen LogP contribution >= 0.6 is 0 Å². The normalized spacial score (nSPS) is 9.93. The van der Waals surface area contributed by atoms with Gasteiger partial charge in [0.2, 0.25) is 0 Å². The van der Waals surface area contributed by atoms with Gasteiger partial charge in [-0.15, -0.1) is 0 Å². The van der Waals surface area contributed by atoms with E-state index >= 15 is 0 Å². The van der Waals surface area contributed by atoms with Crippen LogP contribution in [-0.4, -0.2) is 16.9 Å². The van der Waals surface area contributed by atoms with Gasteiger partial charge in [-0.1, -0.05) is 24.3 Å². The summed E-state index contributed by atoms with van der Waals surface area (Å²) in [5, 5.41) is 8.44. The Labute approximate surface area is 88.7 Å². The second kappa shape index (κ2) is 5.29. The molecule has 1 aromatic carbocycles. The van der Waals surface area contributed by atoms with Gasteiger partial charge in [0.25, 0.3) is 0 Å². The molecule has 0 amide bonds. The molecule has 3 nitrogen and oxygen atoms in total. The zero-order valence-corrected chi connectivity index (χ0v) is 8.69. The van der Waals surface area contributed by atoms with Gasteiger partial charge in [0.15, 0.2) is 5.78 Å². The lowest BCUT2D eigenvalue weighted by atomic mass is 10.0. The zero-order valence-electron chi connectivity index (χ0n) is 8.69. The van der Waals surface area contributed by atoms with Gasteiger partial charge in [-0.2, -0.15) is 0 Å². The molecule has 0 atom stereocenters. The monoisotopic (exact) mass is 206 g/mol. The third-order valence-electron chi connectivity index (χ3n) is 2.24. The Bertz CT molecular complexity index is 369. The van der Waals surface area contributed by atoms with E-state index in [1.165, 1.54) is 0 Å². The summed E-state index contributed by atoms with van der Waals surface area (Å²) in [7, 11) is 0. The fraction of sp³-hybridized carbons (Fsp3) is 0.333. The molecule has 3 heteroatoms. The number of aliphatic carboxylic acids is 1. The first-order valence-electron chi connectivity index (χ1n) is 4.92. The van der Waals surface area contributed by atoms with Crippen LogP contribution in [-0.2, 0) is 4.79 Å². The highest BCUT2D eigenvalue weighted by Gasteiger charge is 2.08. The summed E-state index contributed by atoms with van der Waals surface area (Å²) < 4.78 is 0. The van der Waals surface area contributed by atoms with E-state index in [4.69, 9.17) is 5.11 Å². The van der Waals surface area contributed by atoms with E-state index in [0.717, 1.165) is 5.56 Å². The van der Waals surface area contributed by atoms with Crippen molar-refractivity contribution in [3.8, 4) is 0 Å². The molecule has 1 aromatic rings. The third-order valence-corrected chi connectivity index (χ3v) is 2.24. The number of carboxylic acid groups (broad SMARTS) is 1. The number of benzene rings is 1. The molecule has 0 saturated heterocycles. The number of ketones is 1. The van der Waals surface area contributed by atoms with Gasteiger partial charge in [-0.05, 0) is 18.9 Å². The summed E-state index contributed by atoms with van der Waals surface area (Å²) in [6, 6.07) is 7.35. The van der Waals surface area contributed by atoms with Crippen LogP contribution in [0.4, 0.5) is 0 Å². The van der Waals surface area contributed by atoms with E-state index in [1.54, 1.807) is 6.07 Å². The summed E-state index contributed by atoms with van der Waals surface area (Å²) >= 11 is 0. The maximum absolute atomic E-state index is 11.7. The molecule has 0 spiro atoms. The van der Waals surface area contributed by atoms with Gasteiger partial charge in [0.1, 0.15) is 0 Å². The number of Topliss-reactive ketones (excluding diaryl/α,β-unsaturated/α-hetero) is 1. The van der Waals surface area contributed by atoms with Crippen molar-refractivity contribution in [2.24, 2.45) is 0 Å². The van der Waals surface area contributed by atoms with Crippen molar-refractivity contribution in [1.82, 2.24) is 0 Å². The van der Waals surface area contributed by atoms with Crippen LogP contribution in [0.1, 0.15) is 35.2 Å². The van der Waals surface area contributed by atoms with Crippen molar-refractivity contribution in [3.63, 3.8) is 0 Å². The zero-order chi connectivity index (χ0) is 11.3. The Morgan fingerprint density at radius 2 is 1.87 bits per heavy atom. The Morgan fingerprint density at radius 3 is 2.47 bits per heavy atom. The number of carboxylic acids is 1. The predicted molar refractivity (Wildman–Crippen MR) is 57.0 cm³/mol. The molecule has 0 saturated carbocycles. The van der Waals surface area contributed by atoms with Gasteiger partial charge in [-0.25, -0.2) is 0 Å². The first-order chi connectivity index (χ1) is 7.11. The molecular formula is C12H14O3. The average molecular weight is 206 g/mol. The highest BCUT2D eigenvalue weighted by Crippen LogP contribution is 2.11. The minimum Gasteiger partial charge on any atom is -0.481 e. The Balaban J connectivity index is 2.54. The number of hydrogen-bond donors (Lipinski definition) is 1. The molecular weight excluding hydrogens is 192 g/mol. The Morgan fingerprint density at radius 1 is 1.20 bits per heavy atom. The molecule has 0 aromatic heterocycles. The van der Waals surface area contributed by atoms with Crippen molar-refractivity contribution in [3.05, 3.63) is 35.4 Å². The van der Waals surface area contributed by atoms with Crippen LogP contribution in [0, 0.1) is 6.92 Å². The highest BCUT2D eigenvalue weighted by molar-refractivity contribution is 5.97. The van der Waals surface area contributed by atoms with Gasteiger partial charge >= 0.3 is 5.97 Å². The number of carbonyl (C=O) groups is 2. The minimum atomic E-state index is -0.854. The molecule has 0 aliphatic heterocycles. The predicted octanol–water partition coefficient (Wildman–Crippen LogP) is 2.43. The minimum absolute atomic E-state index is 0.0225. The lowest BCUT2D eigenvalue weighted by Gasteiger charge is -2.03. The van der Waals surface area contributed by atoms with Gasteiger partial charge in [-0.3, -0.25) is 9.59 Å². The van der Waals surface area contributed by atoms with E-state index in [-0.39, 0.29) is 12.2 Å². The second-order valence-electron chi connectivity index (χ2n) is 3.49. The first-order valence-corrected chi connectivity index (χ1v) is 4.92. The highest BCUT2D eigenvalue weighted by atomic mass is 16.4. The third kappa shape index (κ3) is 3.54. The average Bonchev–Trinajstić information content (AvgIpc) is 2.17. The van der Waals surface area contributed by atoms with Crippen LogP contribution in [0.15, 0.2) is 24.3 Å². The SMILES string of the molecule is Cc1ccccc1C(=O)CCCC(=O)O. The number of aryl methyl sites for hydroxylation is 1. The molecule has 80 valence electrons. The summed E-state index contributed by atoms with van der Waals surface area (Å²) in [5.41, 5.74) is 1.64. The quantitative estimate of drug-likeness (QED) is 0.753. The molecule has 0 unspecified atom stereocenters. The second-order valence-corrected chi connectivity index (χ2v) is 3.49. The van der Waals surface area contributed by atoms with Crippen LogP contribution < -0.4 is 0 Å². The first kappa shape index (κ1) is 11.4. The van der Waals surface area contributed by atoms with Crippen LogP contribution in [0.3, 0.4) is 0 Å². The van der Waals surface area contributed by atoms with Gasteiger partial charge < -0.3 is 5.11 Å². The number of rotatable bonds is 5. The summed E-state index contributed by atoms with van der Waals surface area (Å²) in [6.45, 7) is 1.88. The molecule has 0 heterocycles. The smallest absolute Gasteiger partial charge is 0.303 e. The van der Waals surface area contributed by atoms with E-state index in [0.29, 0.717) is 18.4 Å². The molecule has 0 aliphatic carbocycles. The molecule has 0 radical (unpaired) electrons. The fourth-order valence-electron chi connectivity index (χ4n) is 1.42. The standard InChI is InChI=1S/C12H14O3/c1-9-5-2-3-6-10(9)11(13)7-4-8-12(14)15/h2-3,5-6H,4,7-8H2,1H3,(H,14,15). The molecule has 0 fully saturated rings. The van der Waals surface area contributed by atoms with Crippen LogP contribution in [0.2, 0.25) is 0 Å². The van der Waals surface area contributed by atoms with Crippen molar-refractivity contribution in [2.75, 3.05) is 0 Å². The van der Waals surface area contributed by atoms with Crippen molar-refractivity contribution < 1.29 is 14.7 Å². The van der Waals surface area contributed by atoms with Gasteiger partial charge in [0, 0.05) is 18.4 Å². The van der Waals surface area contributed by atoms with E-state index < -0.39 is 5.97 Å². The Hall–Kier alpha value is -1.64. The molecule has 1 N–H and O–H groups in total. The topological polar surface area (TPSA) is 54.4 Å². The largest absolute Gasteiger partial charge is 0.481 e. The Kier molecular flexibility index (Phi) is 4.03. The number of hydrogen-bond acceptors (Lipinski definition) is 2. The van der Waals surface area contributed by atoms with Crippen molar-refractivity contribution in [1.29, 1.82) is 0 Å².